The van der Waals surface area contributed by atoms with Crippen molar-refractivity contribution in [2.75, 3.05) is 12.3 Å². The summed E-state index contributed by atoms with van der Waals surface area (Å²) in [6.07, 6.45) is -5.14. The maximum Gasteiger partial charge on any atom is 0.389 e. The van der Waals surface area contributed by atoms with Crippen LogP contribution in [0.4, 0.5) is 18.9 Å². The monoisotopic (exact) mass is 247 g/mol. The Labute approximate surface area is 98.6 Å². The first-order chi connectivity index (χ1) is 7.88. The number of anilines is 1. The average Bonchev–Trinajstić information content (AvgIpc) is 2.24. The van der Waals surface area contributed by atoms with Gasteiger partial charge >= 0.3 is 6.18 Å². The lowest BCUT2D eigenvalue weighted by Gasteiger charge is -2.14. The van der Waals surface area contributed by atoms with Gasteiger partial charge in [0.1, 0.15) is 0 Å². The zero-order valence-electron chi connectivity index (χ0n) is 9.63. The van der Waals surface area contributed by atoms with E-state index in [2.05, 4.69) is 0 Å². The molecule has 2 nitrogen and oxygen atoms in total. The number of benzene rings is 1. The number of nitrogen functional groups attached to an aromatic ring is 1. The molecule has 0 bridgehead atoms. The summed E-state index contributed by atoms with van der Waals surface area (Å²) >= 11 is 0. The highest BCUT2D eigenvalue weighted by atomic mass is 19.4. The summed E-state index contributed by atoms with van der Waals surface area (Å²) in [5.41, 5.74) is 7.09. The van der Waals surface area contributed by atoms with Crippen LogP contribution in [0.5, 0.6) is 0 Å². The van der Waals surface area contributed by atoms with Gasteiger partial charge < -0.3 is 10.5 Å². The van der Waals surface area contributed by atoms with Gasteiger partial charge in [0.25, 0.3) is 0 Å². The van der Waals surface area contributed by atoms with Gasteiger partial charge in [-0.05, 0) is 31.0 Å². The van der Waals surface area contributed by atoms with Crippen LogP contribution in [-0.4, -0.2) is 12.8 Å². The highest BCUT2D eigenvalue weighted by Gasteiger charge is 2.26. The Morgan fingerprint density at radius 3 is 2.35 bits per heavy atom. The minimum Gasteiger partial charge on any atom is -0.399 e. The molecule has 1 aromatic rings. The van der Waals surface area contributed by atoms with Crippen molar-refractivity contribution in [1.82, 2.24) is 0 Å². The van der Waals surface area contributed by atoms with Crippen LogP contribution in [0.25, 0.3) is 0 Å². The maximum absolute atomic E-state index is 11.9. The zero-order chi connectivity index (χ0) is 12.9. The smallest absolute Gasteiger partial charge is 0.389 e. The Bertz CT molecular complexity index is 335. The predicted molar refractivity (Wildman–Crippen MR) is 60.5 cm³/mol. The Morgan fingerprint density at radius 2 is 1.82 bits per heavy atom. The molecule has 1 rings (SSSR count). The predicted octanol–water partition coefficient (Wildman–Crippen LogP) is 3.69. The third-order valence-electron chi connectivity index (χ3n) is 2.38. The maximum atomic E-state index is 11.9. The summed E-state index contributed by atoms with van der Waals surface area (Å²) in [6, 6.07) is 7.10. The first-order valence-corrected chi connectivity index (χ1v) is 5.42. The number of halogens is 3. The van der Waals surface area contributed by atoms with Crippen LogP contribution in [0.1, 0.15) is 31.4 Å². The molecule has 0 spiro atoms. The summed E-state index contributed by atoms with van der Waals surface area (Å²) in [6.45, 7) is 1.91. The molecule has 17 heavy (non-hydrogen) atoms. The van der Waals surface area contributed by atoms with Gasteiger partial charge in [-0.2, -0.15) is 13.2 Å². The molecule has 96 valence electrons. The van der Waals surface area contributed by atoms with Crippen molar-refractivity contribution in [3.05, 3.63) is 29.8 Å². The van der Waals surface area contributed by atoms with E-state index in [1.165, 1.54) is 0 Å². The van der Waals surface area contributed by atoms with Crippen LogP contribution in [0, 0.1) is 0 Å². The topological polar surface area (TPSA) is 35.2 Å². The number of hydrogen-bond acceptors (Lipinski definition) is 2. The van der Waals surface area contributed by atoms with Gasteiger partial charge in [0, 0.05) is 18.7 Å². The fraction of sp³-hybridized carbons (Fsp3) is 0.500. The van der Waals surface area contributed by atoms with E-state index in [0.717, 1.165) is 5.56 Å². The third-order valence-corrected chi connectivity index (χ3v) is 2.38. The molecular formula is C12H16F3NO. The molecule has 0 aromatic heterocycles. The average molecular weight is 247 g/mol. The van der Waals surface area contributed by atoms with Gasteiger partial charge in [-0.25, -0.2) is 0 Å². The molecule has 0 aliphatic rings. The van der Waals surface area contributed by atoms with Crippen LogP contribution >= 0.6 is 0 Å². The Kier molecular flexibility index (Phi) is 4.81. The van der Waals surface area contributed by atoms with Crippen LogP contribution in [0.3, 0.4) is 0 Å². The van der Waals surface area contributed by atoms with Crippen molar-refractivity contribution < 1.29 is 17.9 Å². The molecule has 0 aliphatic carbocycles. The molecule has 1 unspecified atom stereocenters. The minimum atomic E-state index is -4.10. The van der Waals surface area contributed by atoms with Gasteiger partial charge in [0.2, 0.25) is 0 Å². The van der Waals surface area contributed by atoms with Crippen LogP contribution in [0.15, 0.2) is 24.3 Å². The fourth-order valence-electron chi connectivity index (χ4n) is 1.40. The normalized spacial score (nSPS) is 13.6. The molecule has 0 amide bonds. The number of hydrogen-bond donors (Lipinski definition) is 1. The van der Waals surface area contributed by atoms with Crippen molar-refractivity contribution in [3.8, 4) is 0 Å². The van der Waals surface area contributed by atoms with Crippen LogP contribution in [0.2, 0.25) is 0 Å². The molecule has 1 aromatic carbocycles. The first kappa shape index (κ1) is 13.8. The molecule has 0 radical (unpaired) electrons. The van der Waals surface area contributed by atoms with Crippen molar-refractivity contribution in [2.24, 2.45) is 0 Å². The fourth-order valence-corrected chi connectivity index (χ4v) is 1.40. The first-order valence-electron chi connectivity index (χ1n) is 5.42. The summed E-state index contributed by atoms with van der Waals surface area (Å²) in [5.74, 6) is 0. The lowest BCUT2D eigenvalue weighted by Crippen LogP contribution is -2.09. The summed E-state index contributed by atoms with van der Waals surface area (Å²) < 4.78 is 41.0. The summed E-state index contributed by atoms with van der Waals surface area (Å²) in [5, 5.41) is 0. The second-order valence-electron chi connectivity index (χ2n) is 3.90. The number of alkyl halides is 3. The Hall–Kier alpha value is -1.23. The zero-order valence-corrected chi connectivity index (χ0v) is 9.63. The number of ether oxygens (including phenoxy) is 1. The number of nitrogens with two attached hydrogens (primary N) is 1. The SMILES string of the molecule is CC(OCCCC(F)(F)F)c1ccc(N)cc1. The van der Waals surface area contributed by atoms with Crippen molar-refractivity contribution in [3.63, 3.8) is 0 Å². The molecule has 2 N–H and O–H groups in total. The van der Waals surface area contributed by atoms with Crippen molar-refractivity contribution in [2.45, 2.75) is 32.0 Å². The second-order valence-corrected chi connectivity index (χ2v) is 3.90. The Balaban J connectivity index is 2.30. The van der Waals surface area contributed by atoms with Crippen LogP contribution < -0.4 is 5.73 Å². The molecule has 5 heteroatoms. The third kappa shape index (κ3) is 5.58. The number of rotatable bonds is 5. The van der Waals surface area contributed by atoms with Crippen molar-refractivity contribution >= 4 is 5.69 Å². The molecular weight excluding hydrogens is 231 g/mol. The van der Waals surface area contributed by atoms with E-state index < -0.39 is 12.6 Å². The van der Waals surface area contributed by atoms with E-state index in [-0.39, 0.29) is 19.1 Å². The summed E-state index contributed by atoms with van der Waals surface area (Å²) in [4.78, 5) is 0. The molecule has 0 saturated carbocycles. The molecule has 0 saturated heterocycles. The van der Waals surface area contributed by atoms with E-state index in [1.54, 1.807) is 19.1 Å². The van der Waals surface area contributed by atoms with Crippen LogP contribution in [-0.2, 0) is 4.74 Å². The minimum absolute atomic E-state index is 0.0111. The van der Waals surface area contributed by atoms with E-state index in [4.69, 9.17) is 10.5 Å². The van der Waals surface area contributed by atoms with Gasteiger partial charge in [-0.1, -0.05) is 12.1 Å². The van der Waals surface area contributed by atoms with E-state index in [9.17, 15) is 13.2 Å². The lowest BCUT2D eigenvalue weighted by atomic mass is 10.1. The lowest BCUT2D eigenvalue weighted by molar-refractivity contribution is -0.138. The quantitative estimate of drug-likeness (QED) is 0.636. The summed E-state index contributed by atoms with van der Waals surface area (Å²) in [7, 11) is 0. The molecule has 1 atom stereocenters. The van der Waals surface area contributed by atoms with Gasteiger partial charge in [0.15, 0.2) is 0 Å². The van der Waals surface area contributed by atoms with Gasteiger partial charge in [0.05, 0.1) is 6.10 Å². The highest BCUT2D eigenvalue weighted by Crippen LogP contribution is 2.23. The second kappa shape index (κ2) is 5.91. The Morgan fingerprint density at radius 1 is 1.24 bits per heavy atom. The molecule has 0 fully saturated rings. The van der Waals surface area contributed by atoms with Gasteiger partial charge in [-0.15, -0.1) is 0 Å². The van der Waals surface area contributed by atoms with E-state index >= 15 is 0 Å². The van der Waals surface area contributed by atoms with E-state index in [1.807, 2.05) is 12.1 Å². The highest BCUT2D eigenvalue weighted by molar-refractivity contribution is 5.39. The largest absolute Gasteiger partial charge is 0.399 e. The molecule has 0 aliphatic heterocycles. The van der Waals surface area contributed by atoms with E-state index in [0.29, 0.717) is 5.69 Å². The molecule has 0 heterocycles. The standard InChI is InChI=1S/C12H16F3NO/c1-9(10-3-5-11(16)6-4-10)17-8-2-7-12(13,14)15/h3-6,9H,2,7-8,16H2,1H3. The van der Waals surface area contributed by atoms with Crippen molar-refractivity contribution in [1.29, 1.82) is 0 Å². The van der Waals surface area contributed by atoms with Gasteiger partial charge in [-0.3, -0.25) is 0 Å².